The van der Waals surface area contributed by atoms with Crippen LogP contribution in [0.25, 0.3) is 0 Å². The van der Waals surface area contributed by atoms with Gasteiger partial charge in [-0.05, 0) is 32.6 Å². The quantitative estimate of drug-likeness (QED) is 0.789. The highest BCUT2D eigenvalue weighted by atomic mass is 16.4. The van der Waals surface area contributed by atoms with Gasteiger partial charge in [0.1, 0.15) is 0 Å². The summed E-state index contributed by atoms with van der Waals surface area (Å²) in [6.45, 7) is 6.37. The summed E-state index contributed by atoms with van der Waals surface area (Å²) in [7, 11) is 1.80. The molecule has 2 unspecified atom stereocenters. The Kier molecular flexibility index (Phi) is 4.99. The second-order valence-corrected chi connectivity index (χ2v) is 5.25. The number of rotatable bonds is 6. The lowest BCUT2D eigenvalue weighted by Crippen LogP contribution is -2.47. The van der Waals surface area contributed by atoms with Gasteiger partial charge in [-0.25, -0.2) is 4.79 Å². The van der Waals surface area contributed by atoms with Gasteiger partial charge in [-0.3, -0.25) is 4.79 Å². The third-order valence-electron chi connectivity index (χ3n) is 3.78. The van der Waals surface area contributed by atoms with Gasteiger partial charge in [-0.2, -0.15) is 0 Å². The second kappa shape index (κ2) is 6.07. The first kappa shape index (κ1) is 14.8. The van der Waals surface area contributed by atoms with E-state index in [2.05, 4.69) is 6.92 Å². The van der Waals surface area contributed by atoms with Crippen LogP contribution in [0.1, 0.15) is 33.6 Å². The molecule has 2 atom stereocenters. The standard InChI is InChI=1S/C13H24N2O3/c1-5-15(8-9(2)12(16)17)13(18)14(4)10(3)11-6-7-11/h9-11H,5-8H2,1-4H3,(H,16,17). The number of nitrogens with zero attached hydrogens (tertiary/aromatic N) is 2. The van der Waals surface area contributed by atoms with Crippen LogP contribution in [0.15, 0.2) is 0 Å². The lowest BCUT2D eigenvalue weighted by molar-refractivity contribution is -0.141. The summed E-state index contributed by atoms with van der Waals surface area (Å²) < 4.78 is 0. The number of carbonyl (C=O) groups excluding carboxylic acids is 1. The van der Waals surface area contributed by atoms with Crippen molar-refractivity contribution < 1.29 is 14.7 Å². The Balaban J connectivity index is 2.57. The summed E-state index contributed by atoms with van der Waals surface area (Å²) >= 11 is 0. The molecule has 0 aromatic heterocycles. The SMILES string of the molecule is CCN(CC(C)C(=O)O)C(=O)N(C)C(C)C1CC1. The van der Waals surface area contributed by atoms with Crippen molar-refractivity contribution in [3.05, 3.63) is 0 Å². The van der Waals surface area contributed by atoms with E-state index in [1.807, 2.05) is 6.92 Å². The van der Waals surface area contributed by atoms with E-state index in [4.69, 9.17) is 5.11 Å². The summed E-state index contributed by atoms with van der Waals surface area (Å²) in [6.07, 6.45) is 2.38. The number of hydrogen-bond acceptors (Lipinski definition) is 2. The smallest absolute Gasteiger partial charge is 0.320 e. The molecule has 0 aromatic carbocycles. The van der Waals surface area contributed by atoms with Crippen molar-refractivity contribution in [3.8, 4) is 0 Å². The molecule has 18 heavy (non-hydrogen) atoms. The van der Waals surface area contributed by atoms with Crippen molar-refractivity contribution in [2.24, 2.45) is 11.8 Å². The number of amides is 2. The maximum atomic E-state index is 12.3. The minimum atomic E-state index is -0.862. The molecule has 1 fully saturated rings. The van der Waals surface area contributed by atoms with E-state index < -0.39 is 11.9 Å². The van der Waals surface area contributed by atoms with E-state index in [1.165, 1.54) is 12.8 Å². The first-order valence-corrected chi connectivity index (χ1v) is 6.63. The number of carboxylic acid groups (broad SMARTS) is 1. The zero-order valence-corrected chi connectivity index (χ0v) is 11.7. The van der Waals surface area contributed by atoms with E-state index in [0.717, 1.165) is 0 Å². The van der Waals surface area contributed by atoms with Crippen LogP contribution < -0.4 is 0 Å². The molecule has 0 heterocycles. The van der Waals surface area contributed by atoms with Crippen LogP contribution in [0, 0.1) is 11.8 Å². The first-order chi connectivity index (χ1) is 8.38. The van der Waals surface area contributed by atoms with Crippen molar-refractivity contribution in [1.82, 2.24) is 9.80 Å². The maximum Gasteiger partial charge on any atom is 0.320 e. The van der Waals surface area contributed by atoms with Crippen molar-refractivity contribution >= 4 is 12.0 Å². The molecule has 1 rings (SSSR count). The van der Waals surface area contributed by atoms with E-state index in [1.54, 1.807) is 23.8 Å². The highest BCUT2D eigenvalue weighted by Gasteiger charge is 2.34. The molecule has 0 aliphatic heterocycles. The van der Waals surface area contributed by atoms with Gasteiger partial charge in [0, 0.05) is 26.2 Å². The van der Waals surface area contributed by atoms with Gasteiger partial charge >= 0.3 is 12.0 Å². The molecule has 0 spiro atoms. The fourth-order valence-corrected chi connectivity index (χ4v) is 2.04. The summed E-state index contributed by atoms with van der Waals surface area (Å²) in [6, 6.07) is 0.177. The molecule has 0 saturated heterocycles. The fraction of sp³-hybridized carbons (Fsp3) is 0.846. The minimum absolute atomic E-state index is 0.0648. The maximum absolute atomic E-state index is 12.3. The molecule has 5 nitrogen and oxygen atoms in total. The summed E-state index contributed by atoms with van der Waals surface area (Å²) in [5.41, 5.74) is 0. The predicted octanol–water partition coefficient (Wildman–Crippen LogP) is 1.88. The molecule has 0 bridgehead atoms. The van der Waals surface area contributed by atoms with Gasteiger partial charge in [-0.1, -0.05) is 6.92 Å². The second-order valence-electron chi connectivity index (χ2n) is 5.25. The Morgan fingerprint density at radius 2 is 1.89 bits per heavy atom. The lowest BCUT2D eigenvalue weighted by Gasteiger charge is -2.32. The largest absolute Gasteiger partial charge is 0.481 e. The molecule has 104 valence electrons. The Bertz CT molecular complexity index is 315. The molecule has 1 aliphatic rings. The van der Waals surface area contributed by atoms with E-state index in [0.29, 0.717) is 12.5 Å². The molecule has 1 N–H and O–H groups in total. The van der Waals surface area contributed by atoms with Crippen LogP contribution in [-0.2, 0) is 4.79 Å². The minimum Gasteiger partial charge on any atom is -0.481 e. The molecule has 1 aliphatic carbocycles. The molecule has 5 heteroatoms. The molecular formula is C13H24N2O3. The normalized spacial score (nSPS) is 18.0. The number of hydrogen-bond donors (Lipinski definition) is 1. The van der Waals surface area contributed by atoms with Gasteiger partial charge in [-0.15, -0.1) is 0 Å². The van der Waals surface area contributed by atoms with Crippen molar-refractivity contribution in [3.63, 3.8) is 0 Å². The predicted molar refractivity (Wildman–Crippen MR) is 69.4 cm³/mol. The van der Waals surface area contributed by atoms with Crippen LogP contribution in [-0.4, -0.2) is 53.1 Å². The Morgan fingerprint density at radius 3 is 2.28 bits per heavy atom. The lowest BCUT2D eigenvalue weighted by atomic mass is 10.1. The van der Waals surface area contributed by atoms with Crippen molar-refractivity contribution in [2.75, 3.05) is 20.1 Å². The molecule has 2 amide bonds. The van der Waals surface area contributed by atoms with Gasteiger partial charge in [0.25, 0.3) is 0 Å². The third-order valence-corrected chi connectivity index (χ3v) is 3.78. The van der Waals surface area contributed by atoms with Gasteiger partial charge in [0.05, 0.1) is 5.92 Å². The summed E-state index contributed by atoms with van der Waals surface area (Å²) in [5.74, 6) is -0.771. The molecule has 0 radical (unpaired) electrons. The Labute approximate surface area is 109 Å². The number of urea groups is 1. The Hall–Kier alpha value is -1.26. The van der Waals surface area contributed by atoms with Crippen LogP contribution >= 0.6 is 0 Å². The topological polar surface area (TPSA) is 60.9 Å². The molecular weight excluding hydrogens is 232 g/mol. The summed E-state index contributed by atoms with van der Waals surface area (Å²) in [4.78, 5) is 26.5. The zero-order chi connectivity index (χ0) is 13.9. The third kappa shape index (κ3) is 3.62. The van der Waals surface area contributed by atoms with Gasteiger partial charge in [0.15, 0.2) is 0 Å². The van der Waals surface area contributed by atoms with E-state index >= 15 is 0 Å². The monoisotopic (exact) mass is 256 g/mol. The zero-order valence-electron chi connectivity index (χ0n) is 11.7. The number of carboxylic acids is 1. The summed E-state index contributed by atoms with van der Waals surface area (Å²) in [5, 5.41) is 8.90. The van der Waals surface area contributed by atoms with Crippen molar-refractivity contribution in [2.45, 2.75) is 39.7 Å². The van der Waals surface area contributed by atoms with Crippen LogP contribution in [0.2, 0.25) is 0 Å². The highest BCUT2D eigenvalue weighted by Crippen LogP contribution is 2.34. The van der Waals surface area contributed by atoms with Gasteiger partial charge in [0.2, 0.25) is 0 Å². The number of carbonyl (C=O) groups is 2. The van der Waals surface area contributed by atoms with Crippen LogP contribution in [0.4, 0.5) is 4.79 Å². The highest BCUT2D eigenvalue weighted by molar-refractivity contribution is 5.76. The Morgan fingerprint density at radius 1 is 1.33 bits per heavy atom. The van der Waals surface area contributed by atoms with Crippen molar-refractivity contribution in [1.29, 1.82) is 0 Å². The van der Waals surface area contributed by atoms with E-state index in [-0.39, 0.29) is 18.6 Å². The van der Waals surface area contributed by atoms with Crippen LogP contribution in [0.3, 0.4) is 0 Å². The number of aliphatic carboxylic acids is 1. The molecule has 0 aromatic rings. The molecule has 1 saturated carbocycles. The average molecular weight is 256 g/mol. The van der Waals surface area contributed by atoms with Crippen LogP contribution in [0.5, 0.6) is 0 Å². The average Bonchev–Trinajstić information content (AvgIpc) is 3.16. The van der Waals surface area contributed by atoms with E-state index in [9.17, 15) is 9.59 Å². The first-order valence-electron chi connectivity index (χ1n) is 6.63. The fourth-order valence-electron chi connectivity index (χ4n) is 2.04. The van der Waals surface area contributed by atoms with Gasteiger partial charge < -0.3 is 14.9 Å².